The Morgan fingerprint density at radius 3 is 2.79 bits per heavy atom. The summed E-state index contributed by atoms with van der Waals surface area (Å²) < 4.78 is 1.04. The van der Waals surface area contributed by atoms with E-state index < -0.39 is 0 Å². The van der Waals surface area contributed by atoms with Gasteiger partial charge in [-0.2, -0.15) is 0 Å². The van der Waals surface area contributed by atoms with Gasteiger partial charge in [-0.25, -0.2) is 4.98 Å². The van der Waals surface area contributed by atoms with Crippen molar-refractivity contribution >= 4 is 15.9 Å². The molecule has 3 aromatic rings. The number of pyridine rings is 1. The zero-order chi connectivity index (χ0) is 19.1. The minimum Gasteiger partial charge on any atom is -0.310 e. The number of hydrogen-bond acceptors (Lipinski definition) is 4. The average molecular weight is 437 g/mol. The number of nitrogens with zero attached hydrogens (tertiary/aromatic N) is 3. The van der Waals surface area contributed by atoms with Gasteiger partial charge in [0.1, 0.15) is 5.82 Å². The molecule has 2 aliphatic rings. The second kappa shape index (κ2) is 7.26. The second-order valence-corrected chi connectivity index (χ2v) is 8.50. The largest absolute Gasteiger partial charge is 0.310 e. The SMILES string of the molecule is O=c1[nH]c(C2CC2)nc2c1CN(Cc1ccc(-c3ccccc3Br)nc1)CC2. The van der Waals surface area contributed by atoms with Crippen LogP contribution in [0, 0.1) is 0 Å². The van der Waals surface area contributed by atoms with E-state index >= 15 is 0 Å². The Kier molecular flexibility index (Phi) is 4.61. The fraction of sp³-hybridized carbons (Fsp3) is 0.318. The smallest absolute Gasteiger partial charge is 0.255 e. The first kappa shape index (κ1) is 17.8. The zero-order valence-corrected chi connectivity index (χ0v) is 17.1. The molecule has 0 radical (unpaired) electrons. The molecule has 5 nitrogen and oxygen atoms in total. The summed E-state index contributed by atoms with van der Waals surface area (Å²) in [7, 11) is 0. The van der Waals surface area contributed by atoms with Crippen molar-refractivity contribution in [2.45, 2.75) is 38.3 Å². The van der Waals surface area contributed by atoms with Crippen LogP contribution < -0.4 is 5.56 Å². The van der Waals surface area contributed by atoms with E-state index in [9.17, 15) is 4.79 Å². The first-order valence-electron chi connectivity index (χ1n) is 9.71. The van der Waals surface area contributed by atoms with E-state index in [-0.39, 0.29) is 5.56 Å². The molecule has 0 bridgehead atoms. The van der Waals surface area contributed by atoms with E-state index in [1.54, 1.807) is 0 Å². The van der Waals surface area contributed by atoms with Crippen LogP contribution in [0.5, 0.6) is 0 Å². The molecule has 28 heavy (non-hydrogen) atoms. The third kappa shape index (κ3) is 3.54. The number of hydrogen-bond donors (Lipinski definition) is 1. The summed E-state index contributed by atoms with van der Waals surface area (Å²) in [4.78, 5) is 27.2. The Morgan fingerprint density at radius 2 is 2.04 bits per heavy atom. The van der Waals surface area contributed by atoms with Gasteiger partial charge >= 0.3 is 0 Å². The highest BCUT2D eigenvalue weighted by atomic mass is 79.9. The van der Waals surface area contributed by atoms with E-state index in [2.05, 4.69) is 49.0 Å². The van der Waals surface area contributed by atoms with E-state index in [0.29, 0.717) is 12.5 Å². The average Bonchev–Trinajstić information content (AvgIpc) is 3.55. The molecule has 0 unspecified atom stereocenters. The van der Waals surface area contributed by atoms with Crippen molar-refractivity contribution in [3.8, 4) is 11.3 Å². The van der Waals surface area contributed by atoms with Crippen molar-refractivity contribution in [1.29, 1.82) is 0 Å². The van der Waals surface area contributed by atoms with Crippen molar-refractivity contribution in [3.05, 3.63) is 80.1 Å². The van der Waals surface area contributed by atoms with Crippen LogP contribution >= 0.6 is 15.9 Å². The summed E-state index contributed by atoms with van der Waals surface area (Å²) in [5.74, 6) is 1.37. The molecule has 1 fully saturated rings. The number of aromatic nitrogens is 3. The summed E-state index contributed by atoms with van der Waals surface area (Å²) >= 11 is 3.58. The van der Waals surface area contributed by atoms with Crippen molar-refractivity contribution in [1.82, 2.24) is 19.9 Å². The number of fused-ring (bicyclic) bond motifs is 1. The highest BCUT2D eigenvalue weighted by Crippen LogP contribution is 2.37. The summed E-state index contributed by atoms with van der Waals surface area (Å²) in [6, 6.07) is 12.3. The molecule has 1 saturated carbocycles. The van der Waals surface area contributed by atoms with E-state index in [0.717, 1.165) is 70.7 Å². The number of halogens is 1. The zero-order valence-electron chi connectivity index (χ0n) is 15.5. The van der Waals surface area contributed by atoms with Gasteiger partial charge in [0.05, 0.1) is 17.0 Å². The Labute approximate surface area is 172 Å². The number of rotatable bonds is 4. The standard InChI is InChI=1S/C22H21BrN4O/c23-18-4-2-1-3-16(18)19-8-5-14(11-24-19)12-27-10-9-20-17(13-27)22(28)26-21(25-20)15-6-7-15/h1-5,8,11,15H,6-7,9-10,12-13H2,(H,25,26,28). The monoisotopic (exact) mass is 436 g/mol. The molecule has 142 valence electrons. The topological polar surface area (TPSA) is 61.9 Å². The molecule has 5 rings (SSSR count). The molecule has 1 aromatic carbocycles. The molecule has 1 N–H and O–H groups in total. The maximum atomic E-state index is 12.5. The number of benzene rings is 1. The third-order valence-corrected chi connectivity index (χ3v) is 6.20. The first-order chi connectivity index (χ1) is 13.7. The number of aromatic amines is 1. The number of H-pyrrole nitrogens is 1. The Balaban J connectivity index is 1.31. The molecule has 1 aliphatic carbocycles. The van der Waals surface area contributed by atoms with Crippen LogP contribution in [-0.2, 0) is 19.5 Å². The highest BCUT2D eigenvalue weighted by molar-refractivity contribution is 9.10. The predicted molar refractivity (Wildman–Crippen MR) is 112 cm³/mol. The van der Waals surface area contributed by atoms with Crippen molar-refractivity contribution in [3.63, 3.8) is 0 Å². The van der Waals surface area contributed by atoms with E-state index in [1.807, 2.05) is 24.4 Å². The lowest BCUT2D eigenvalue weighted by Gasteiger charge is -2.27. The Morgan fingerprint density at radius 1 is 1.18 bits per heavy atom. The minimum absolute atomic E-state index is 0.0407. The lowest BCUT2D eigenvalue weighted by molar-refractivity contribution is 0.241. The lowest BCUT2D eigenvalue weighted by atomic mass is 10.1. The summed E-state index contributed by atoms with van der Waals surface area (Å²) in [6.07, 6.45) is 5.07. The second-order valence-electron chi connectivity index (χ2n) is 7.64. The van der Waals surface area contributed by atoms with Crippen LogP contribution in [-0.4, -0.2) is 26.4 Å². The molecule has 0 saturated heterocycles. The molecule has 3 heterocycles. The molecule has 2 aromatic heterocycles. The predicted octanol–water partition coefficient (Wildman–Crippen LogP) is 4.03. The van der Waals surface area contributed by atoms with Crippen molar-refractivity contribution in [2.75, 3.05) is 6.54 Å². The summed E-state index contributed by atoms with van der Waals surface area (Å²) in [6.45, 7) is 2.35. The van der Waals surface area contributed by atoms with Crippen LogP contribution in [0.2, 0.25) is 0 Å². The Bertz CT molecular complexity index is 1070. The Hall–Kier alpha value is -2.31. The van der Waals surface area contributed by atoms with Gasteiger partial charge in [-0.1, -0.05) is 40.2 Å². The molecule has 0 atom stereocenters. The fourth-order valence-corrected chi connectivity index (χ4v) is 4.28. The van der Waals surface area contributed by atoms with E-state index in [4.69, 9.17) is 4.98 Å². The molecule has 0 amide bonds. The van der Waals surface area contributed by atoms with Gasteiger partial charge in [-0.15, -0.1) is 0 Å². The van der Waals surface area contributed by atoms with Crippen LogP contribution in [0.1, 0.15) is 41.4 Å². The van der Waals surface area contributed by atoms with Crippen LogP contribution in [0.25, 0.3) is 11.3 Å². The first-order valence-corrected chi connectivity index (χ1v) is 10.5. The van der Waals surface area contributed by atoms with Gasteiger partial charge in [0, 0.05) is 48.2 Å². The maximum Gasteiger partial charge on any atom is 0.255 e. The quantitative estimate of drug-likeness (QED) is 0.670. The summed E-state index contributed by atoms with van der Waals surface area (Å²) in [5, 5.41) is 0. The fourth-order valence-electron chi connectivity index (χ4n) is 3.79. The van der Waals surface area contributed by atoms with Crippen LogP contribution in [0.3, 0.4) is 0 Å². The minimum atomic E-state index is 0.0407. The van der Waals surface area contributed by atoms with Gasteiger partial charge < -0.3 is 4.98 Å². The van der Waals surface area contributed by atoms with E-state index in [1.165, 1.54) is 0 Å². The van der Waals surface area contributed by atoms with Gasteiger partial charge in [0.15, 0.2) is 0 Å². The number of nitrogens with one attached hydrogen (secondary N) is 1. The molecule has 1 aliphatic heterocycles. The normalized spacial score (nSPS) is 16.8. The molecular weight excluding hydrogens is 416 g/mol. The van der Waals surface area contributed by atoms with Gasteiger partial charge in [-0.3, -0.25) is 14.7 Å². The van der Waals surface area contributed by atoms with Gasteiger partial charge in [0.2, 0.25) is 0 Å². The van der Waals surface area contributed by atoms with Crippen molar-refractivity contribution in [2.24, 2.45) is 0 Å². The van der Waals surface area contributed by atoms with Crippen LogP contribution in [0.4, 0.5) is 0 Å². The van der Waals surface area contributed by atoms with Gasteiger partial charge in [-0.05, 0) is 30.5 Å². The summed E-state index contributed by atoms with van der Waals surface area (Å²) in [5.41, 5.74) is 5.05. The molecule has 6 heteroatoms. The molecular formula is C22H21BrN4O. The highest BCUT2D eigenvalue weighted by Gasteiger charge is 2.29. The lowest BCUT2D eigenvalue weighted by Crippen LogP contribution is -2.35. The van der Waals surface area contributed by atoms with Crippen molar-refractivity contribution < 1.29 is 0 Å². The van der Waals surface area contributed by atoms with Crippen LogP contribution in [0.15, 0.2) is 51.9 Å². The molecule has 0 spiro atoms. The maximum absolute atomic E-state index is 12.5. The third-order valence-electron chi connectivity index (χ3n) is 5.51. The van der Waals surface area contributed by atoms with Gasteiger partial charge in [0.25, 0.3) is 5.56 Å².